The van der Waals surface area contributed by atoms with Crippen molar-refractivity contribution in [3.8, 4) is 0 Å². The molecule has 5 heteroatoms. The number of benzene rings is 1. The van der Waals surface area contributed by atoms with Gasteiger partial charge >= 0.3 is 5.97 Å². The van der Waals surface area contributed by atoms with E-state index in [2.05, 4.69) is 29.4 Å². The third-order valence-corrected chi connectivity index (χ3v) is 4.04. The first-order chi connectivity index (χ1) is 9.61. The predicted molar refractivity (Wildman–Crippen MR) is 81.6 cm³/mol. The molecule has 0 amide bonds. The van der Waals surface area contributed by atoms with E-state index in [0.29, 0.717) is 5.69 Å². The highest BCUT2D eigenvalue weighted by Crippen LogP contribution is 2.22. The van der Waals surface area contributed by atoms with Crippen LogP contribution >= 0.6 is 11.3 Å². The second-order valence-electron chi connectivity index (χ2n) is 4.52. The fourth-order valence-electron chi connectivity index (χ4n) is 1.95. The van der Waals surface area contributed by atoms with Crippen molar-refractivity contribution < 1.29 is 9.53 Å². The minimum absolute atomic E-state index is 0.384. The number of hydrogen-bond acceptors (Lipinski definition) is 5. The molecule has 4 nitrogen and oxygen atoms in total. The van der Waals surface area contributed by atoms with E-state index in [9.17, 15) is 4.79 Å². The smallest absolute Gasteiger partial charge is 0.357 e. The Labute approximate surface area is 122 Å². The maximum absolute atomic E-state index is 11.5. The van der Waals surface area contributed by atoms with Gasteiger partial charge in [-0.05, 0) is 31.4 Å². The summed E-state index contributed by atoms with van der Waals surface area (Å²) in [5.41, 5.74) is 3.01. The van der Waals surface area contributed by atoms with Crippen LogP contribution in [0.1, 0.15) is 26.5 Å². The van der Waals surface area contributed by atoms with Crippen LogP contribution in [0.25, 0.3) is 0 Å². The number of carbonyl (C=O) groups is 1. The lowest BCUT2D eigenvalue weighted by molar-refractivity contribution is 0.0594. The lowest BCUT2D eigenvalue weighted by atomic mass is 10.1. The molecule has 106 valence electrons. The molecule has 0 fully saturated rings. The summed E-state index contributed by atoms with van der Waals surface area (Å²) in [7, 11) is 1.37. The number of carbonyl (C=O) groups excluding carboxylic acids is 1. The molecule has 0 bridgehead atoms. The van der Waals surface area contributed by atoms with Crippen LogP contribution in [0.15, 0.2) is 24.3 Å². The number of ether oxygens (including phenoxy) is 1. The van der Waals surface area contributed by atoms with Gasteiger partial charge in [0.1, 0.15) is 0 Å². The number of rotatable bonds is 5. The summed E-state index contributed by atoms with van der Waals surface area (Å²) in [5, 5.41) is 4.02. The van der Waals surface area contributed by atoms with Crippen molar-refractivity contribution in [3.05, 3.63) is 46.0 Å². The van der Waals surface area contributed by atoms with Gasteiger partial charge in [0.2, 0.25) is 0 Å². The van der Waals surface area contributed by atoms with Crippen molar-refractivity contribution >= 4 is 22.4 Å². The molecule has 2 rings (SSSR count). The maximum atomic E-state index is 11.5. The second-order valence-corrected chi connectivity index (χ2v) is 5.72. The van der Waals surface area contributed by atoms with Crippen LogP contribution in [0.5, 0.6) is 0 Å². The first-order valence-corrected chi connectivity index (χ1v) is 7.27. The van der Waals surface area contributed by atoms with Crippen molar-refractivity contribution in [2.45, 2.75) is 20.3 Å². The quantitative estimate of drug-likeness (QED) is 0.859. The van der Waals surface area contributed by atoms with Gasteiger partial charge in [-0.15, -0.1) is 11.3 Å². The van der Waals surface area contributed by atoms with E-state index < -0.39 is 0 Å². The van der Waals surface area contributed by atoms with E-state index in [0.717, 1.165) is 23.0 Å². The van der Waals surface area contributed by atoms with Crippen molar-refractivity contribution in [1.82, 2.24) is 4.98 Å². The lowest BCUT2D eigenvalue weighted by Crippen LogP contribution is -2.07. The largest absolute Gasteiger partial charge is 0.464 e. The summed E-state index contributed by atoms with van der Waals surface area (Å²) in [6.45, 7) is 4.77. The fraction of sp³-hybridized carbons (Fsp3) is 0.333. The summed E-state index contributed by atoms with van der Waals surface area (Å²) >= 11 is 1.47. The molecular formula is C15H18N2O2S. The Bertz CT molecular complexity index is 608. The molecule has 0 unspecified atom stereocenters. The maximum Gasteiger partial charge on any atom is 0.357 e. The van der Waals surface area contributed by atoms with Crippen molar-refractivity contribution in [1.29, 1.82) is 0 Å². The normalized spacial score (nSPS) is 10.3. The van der Waals surface area contributed by atoms with Crippen LogP contribution in [-0.2, 0) is 11.2 Å². The summed E-state index contributed by atoms with van der Waals surface area (Å²) in [6, 6.07) is 8.33. The van der Waals surface area contributed by atoms with Gasteiger partial charge in [0.25, 0.3) is 0 Å². The topological polar surface area (TPSA) is 51.2 Å². The predicted octanol–water partition coefficient (Wildman–Crippen LogP) is 3.20. The molecule has 0 radical (unpaired) electrons. The monoisotopic (exact) mass is 290 g/mol. The van der Waals surface area contributed by atoms with Crippen molar-refractivity contribution in [2.75, 3.05) is 19.0 Å². The number of nitrogens with one attached hydrogen (secondary N) is 1. The molecule has 0 spiro atoms. The first-order valence-electron chi connectivity index (χ1n) is 6.46. The summed E-state index contributed by atoms with van der Waals surface area (Å²) in [6.07, 6.45) is 0.929. The molecule has 0 aliphatic rings. The molecule has 1 aromatic heterocycles. The third-order valence-electron chi connectivity index (χ3n) is 3.11. The van der Waals surface area contributed by atoms with Gasteiger partial charge in [-0.3, -0.25) is 0 Å². The van der Waals surface area contributed by atoms with Crippen molar-refractivity contribution in [2.24, 2.45) is 0 Å². The van der Waals surface area contributed by atoms with E-state index in [1.165, 1.54) is 29.6 Å². The first kappa shape index (κ1) is 14.5. The summed E-state index contributed by atoms with van der Waals surface area (Å²) < 4.78 is 4.70. The van der Waals surface area contributed by atoms with Crippen LogP contribution in [0.4, 0.5) is 5.13 Å². The molecular weight excluding hydrogens is 272 g/mol. The van der Waals surface area contributed by atoms with Gasteiger partial charge in [0, 0.05) is 11.4 Å². The number of hydrogen-bond donors (Lipinski definition) is 1. The van der Waals surface area contributed by atoms with Crippen molar-refractivity contribution in [3.63, 3.8) is 0 Å². The number of esters is 1. The summed E-state index contributed by atoms with van der Waals surface area (Å²) in [5.74, 6) is -0.384. The Morgan fingerprint density at radius 2 is 2.10 bits per heavy atom. The van der Waals surface area contributed by atoms with E-state index in [1.807, 2.05) is 19.1 Å². The SMILES string of the molecule is COC(=O)c1nc(NCCc2ccccc2C)sc1C. The van der Waals surface area contributed by atoms with E-state index >= 15 is 0 Å². The van der Waals surface area contributed by atoms with E-state index in [1.54, 1.807) is 0 Å². The number of thiazole rings is 1. The number of methoxy groups -OCH3 is 1. The zero-order valence-corrected chi connectivity index (χ0v) is 12.7. The van der Waals surface area contributed by atoms with Gasteiger partial charge in [-0.1, -0.05) is 24.3 Å². The van der Waals surface area contributed by atoms with E-state index in [4.69, 9.17) is 4.74 Å². The molecule has 20 heavy (non-hydrogen) atoms. The average molecular weight is 290 g/mol. The van der Waals surface area contributed by atoms with Crippen LogP contribution in [0.3, 0.4) is 0 Å². The molecule has 0 atom stereocenters. The Hall–Kier alpha value is -1.88. The highest BCUT2D eigenvalue weighted by Gasteiger charge is 2.15. The molecule has 2 aromatic rings. The number of anilines is 1. The molecule has 0 saturated heterocycles. The summed E-state index contributed by atoms with van der Waals surface area (Å²) in [4.78, 5) is 16.6. The van der Waals surface area contributed by atoms with Gasteiger partial charge < -0.3 is 10.1 Å². The zero-order chi connectivity index (χ0) is 14.5. The standard InChI is InChI=1S/C15H18N2O2S/c1-10-6-4-5-7-12(10)8-9-16-15-17-13(11(2)20-15)14(18)19-3/h4-7H,8-9H2,1-3H3,(H,16,17). The number of aryl methyl sites for hydroxylation is 2. The molecule has 1 aromatic carbocycles. The second kappa shape index (κ2) is 6.52. The molecule has 1 heterocycles. The minimum atomic E-state index is -0.384. The molecule has 0 aliphatic carbocycles. The average Bonchev–Trinajstić information content (AvgIpc) is 2.81. The molecule has 1 N–H and O–H groups in total. The minimum Gasteiger partial charge on any atom is -0.464 e. The van der Waals surface area contributed by atoms with Gasteiger partial charge in [-0.25, -0.2) is 9.78 Å². The Kier molecular flexibility index (Phi) is 4.74. The van der Waals surface area contributed by atoms with Crippen LogP contribution in [0, 0.1) is 13.8 Å². The van der Waals surface area contributed by atoms with Gasteiger partial charge in [0.15, 0.2) is 10.8 Å². The van der Waals surface area contributed by atoms with Crippen LogP contribution in [0.2, 0.25) is 0 Å². The highest BCUT2D eigenvalue weighted by atomic mass is 32.1. The Balaban J connectivity index is 1.95. The van der Waals surface area contributed by atoms with E-state index in [-0.39, 0.29) is 5.97 Å². The molecule has 0 saturated carbocycles. The Morgan fingerprint density at radius 1 is 1.35 bits per heavy atom. The van der Waals surface area contributed by atoms with Gasteiger partial charge in [0.05, 0.1) is 7.11 Å². The lowest BCUT2D eigenvalue weighted by Gasteiger charge is -2.05. The van der Waals surface area contributed by atoms with Crippen LogP contribution in [-0.4, -0.2) is 24.6 Å². The number of aromatic nitrogens is 1. The zero-order valence-electron chi connectivity index (χ0n) is 11.9. The Morgan fingerprint density at radius 3 is 2.80 bits per heavy atom. The number of nitrogens with zero attached hydrogens (tertiary/aromatic N) is 1. The van der Waals surface area contributed by atoms with Gasteiger partial charge in [-0.2, -0.15) is 0 Å². The third kappa shape index (κ3) is 3.36. The molecule has 0 aliphatic heterocycles. The highest BCUT2D eigenvalue weighted by molar-refractivity contribution is 7.15. The fourth-order valence-corrected chi connectivity index (χ4v) is 2.78. The van der Waals surface area contributed by atoms with Crippen LogP contribution < -0.4 is 5.32 Å².